The van der Waals surface area contributed by atoms with Gasteiger partial charge in [-0.1, -0.05) is 0 Å². The first-order chi connectivity index (χ1) is 10.2. The summed E-state index contributed by atoms with van der Waals surface area (Å²) in [6.45, 7) is 4.51. The summed E-state index contributed by atoms with van der Waals surface area (Å²) in [4.78, 5) is 22.5. The van der Waals surface area contributed by atoms with Crippen molar-refractivity contribution in [2.75, 3.05) is 18.0 Å². The van der Waals surface area contributed by atoms with Gasteiger partial charge in [-0.15, -0.1) is 0 Å². The lowest BCUT2D eigenvalue weighted by molar-refractivity contribution is 0.333. The van der Waals surface area contributed by atoms with Gasteiger partial charge in [-0.25, -0.2) is 9.67 Å². The smallest absolute Gasteiger partial charge is 0.266 e. The summed E-state index contributed by atoms with van der Waals surface area (Å²) >= 11 is 0. The Morgan fingerprint density at radius 3 is 2.76 bits per heavy atom. The van der Waals surface area contributed by atoms with E-state index >= 15 is 0 Å². The molecule has 2 aromatic rings. The quantitative estimate of drug-likeness (QED) is 0.849. The third kappa shape index (κ3) is 3.26. The van der Waals surface area contributed by atoms with Crippen LogP contribution in [-0.2, 0) is 6.54 Å². The zero-order valence-electron chi connectivity index (χ0n) is 12.1. The highest BCUT2D eigenvalue weighted by Crippen LogP contribution is 2.21. The summed E-state index contributed by atoms with van der Waals surface area (Å²) < 4.78 is 1.60. The monoisotopic (exact) mass is 285 g/mol. The highest BCUT2D eigenvalue weighted by molar-refractivity contribution is 5.35. The summed E-state index contributed by atoms with van der Waals surface area (Å²) in [5.74, 6) is 1.42. The van der Waals surface area contributed by atoms with E-state index in [1.807, 2.05) is 6.92 Å². The molecule has 6 heteroatoms. The van der Waals surface area contributed by atoms with Crippen LogP contribution in [0.1, 0.15) is 18.5 Å². The maximum Gasteiger partial charge on any atom is 0.266 e. The normalized spacial score (nSPS) is 16.1. The lowest BCUT2D eigenvalue weighted by atomic mass is 9.97. The van der Waals surface area contributed by atoms with Gasteiger partial charge in [0.2, 0.25) is 0 Å². The molecule has 21 heavy (non-hydrogen) atoms. The van der Waals surface area contributed by atoms with Crippen LogP contribution in [0.15, 0.2) is 35.5 Å². The first-order valence-corrected chi connectivity index (χ1v) is 7.28. The number of hydrogen-bond acceptors (Lipinski definition) is 5. The number of nitrogens with zero attached hydrogens (tertiary/aromatic N) is 5. The van der Waals surface area contributed by atoms with Gasteiger partial charge in [0.05, 0.1) is 11.9 Å². The average molecular weight is 285 g/mol. The van der Waals surface area contributed by atoms with Crippen molar-refractivity contribution in [2.24, 2.45) is 5.92 Å². The second-order valence-corrected chi connectivity index (χ2v) is 5.49. The van der Waals surface area contributed by atoms with Crippen molar-refractivity contribution in [1.82, 2.24) is 19.7 Å². The molecule has 1 aliphatic rings. The van der Waals surface area contributed by atoms with Crippen LogP contribution < -0.4 is 10.5 Å². The fourth-order valence-corrected chi connectivity index (χ4v) is 2.73. The first-order valence-electron chi connectivity index (χ1n) is 7.28. The van der Waals surface area contributed by atoms with Gasteiger partial charge in [0.1, 0.15) is 5.82 Å². The van der Waals surface area contributed by atoms with Crippen molar-refractivity contribution in [2.45, 2.75) is 26.3 Å². The van der Waals surface area contributed by atoms with Crippen molar-refractivity contribution in [1.29, 1.82) is 0 Å². The Morgan fingerprint density at radius 2 is 2.05 bits per heavy atom. The van der Waals surface area contributed by atoms with Crippen LogP contribution in [-0.4, -0.2) is 32.8 Å². The topological polar surface area (TPSA) is 63.9 Å². The van der Waals surface area contributed by atoms with Crippen LogP contribution in [0.25, 0.3) is 0 Å². The Morgan fingerprint density at radius 1 is 1.24 bits per heavy atom. The molecular formula is C15H19N5O. The maximum absolute atomic E-state index is 11.8. The zero-order chi connectivity index (χ0) is 14.7. The van der Waals surface area contributed by atoms with E-state index in [-0.39, 0.29) is 5.56 Å². The van der Waals surface area contributed by atoms with Crippen LogP contribution in [0.4, 0.5) is 5.82 Å². The van der Waals surface area contributed by atoms with Crippen LogP contribution >= 0.6 is 0 Å². The number of anilines is 1. The van der Waals surface area contributed by atoms with Gasteiger partial charge < -0.3 is 4.90 Å². The fraction of sp³-hybridized carbons (Fsp3) is 0.467. The summed E-state index contributed by atoms with van der Waals surface area (Å²) in [7, 11) is 0. The third-order valence-corrected chi connectivity index (χ3v) is 3.92. The van der Waals surface area contributed by atoms with E-state index in [1.165, 1.54) is 0 Å². The molecule has 1 saturated heterocycles. The minimum atomic E-state index is -0.0167. The molecule has 2 aromatic heterocycles. The molecule has 0 radical (unpaired) electrons. The van der Waals surface area contributed by atoms with Gasteiger partial charge >= 0.3 is 0 Å². The molecule has 1 aliphatic heterocycles. The van der Waals surface area contributed by atoms with Gasteiger partial charge in [-0.2, -0.15) is 5.10 Å². The molecule has 1 fully saturated rings. The SMILES string of the molecule is Cc1ccc(=O)n(CC2CCN(c3cnccn3)CC2)n1. The van der Waals surface area contributed by atoms with E-state index in [4.69, 9.17) is 0 Å². The van der Waals surface area contributed by atoms with Gasteiger partial charge in [0.25, 0.3) is 5.56 Å². The molecule has 0 aliphatic carbocycles. The van der Waals surface area contributed by atoms with E-state index in [2.05, 4.69) is 20.0 Å². The summed E-state index contributed by atoms with van der Waals surface area (Å²) in [5.41, 5.74) is 0.864. The van der Waals surface area contributed by atoms with E-state index < -0.39 is 0 Å². The Hall–Kier alpha value is -2.24. The molecule has 0 unspecified atom stereocenters. The largest absolute Gasteiger partial charge is 0.355 e. The highest BCUT2D eigenvalue weighted by Gasteiger charge is 2.21. The predicted molar refractivity (Wildman–Crippen MR) is 80.2 cm³/mol. The first kappa shape index (κ1) is 13.7. The molecule has 0 atom stereocenters. The number of hydrogen-bond donors (Lipinski definition) is 0. The summed E-state index contributed by atoms with van der Waals surface area (Å²) in [5, 5.41) is 4.31. The molecule has 0 spiro atoms. The second-order valence-electron chi connectivity index (χ2n) is 5.49. The second kappa shape index (κ2) is 6.03. The molecular weight excluding hydrogens is 266 g/mol. The Balaban J connectivity index is 1.61. The minimum absolute atomic E-state index is 0.0167. The molecule has 110 valence electrons. The average Bonchev–Trinajstić information content (AvgIpc) is 2.53. The highest BCUT2D eigenvalue weighted by atomic mass is 16.1. The van der Waals surface area contributed by atoms with Crippen LogP contribution in [0.2, 0.25) is 0 Å². The van der Waals surface area contributed by atoms with Crippen molar-refractivity contribution in [3.63, 3.8) is 0 Å². The molecule has 3 heterocycles. The molecule has 0 aromatic carbocycles. The number of aryl methyl sites for hydroxylation is 1. The number of rotatable bonds is 3. The molecule has 0 N–H and O–H groups in total. The predicted octanol–water partition coefficient (Wildman–Crippen LogP) is 1.26. The van der Waals surface area contributed by atoms with E-state index in [0.29, 0.717) is 12.5 Å². The number of aromatic nitrogens is 4. The van der Waals surface area contributed by atoms with E-state index in [9.17, 15) is 4.79 Å². The molecule has 6 nitrogen and oxygen atoms in total. The summed E-state index contributed by atoms with van der Waals surface area (Å²) in [6.07, 6.45) is 7.29. The third-order valence-electron chi connectivity index (χ3n) is 3.92. The zero-order valence-corrected chi connectivity index (χ0v) is 12.1. The van der Waals surface area contributed by atoms with Crippen molar-refractivity contribution >= 4 is 5.82 Å². The summed E-state index contributed by atoms with van der Waals surface area (Å²) in [6, 6.07) is 3.35. The maximum atomic E-state index is 11.8. The van der Waals surface area contributed by atoms with E-state index in [0.717, 1.165) is 37.4 Å². The Kier molecular flexibility index (Phi) is 3.94. The molecule has 0 saturated carbocycles. The molecule has 3 rings (SSSR count). The Bertz CT molecular complexity index is 647. The van der Waals surface area contributed by atoms with Gasteiger partial charge in [-0.05, 0) is 31.7 Å². The van der Waals surface area contributed by atoms with Gasteiger partial charge in [0.15, 0.2) is 0 Å². The van der Waals surface area contributed by atoms with Crippen molar-refractivity contribution in [3.8, 4) is 0 Å². The fourth-order valence-electron chi connectivity index (χ4n) is 2.73. The van der Waals surface area contributed by atoms with Crippen LogP contribution in [0.3, 0.4) is 0 Å². The molecule has 0 bridgehead atoms. The van der Waals surface area contributed by atoms with Crippen molar-refractivity contribution < 1.29 is 0 Å². The number of piperidine rings is 1. The van der Waals surface area contributed by atoms with Crippen LogP contribution in [0.5, 0.6) is 0 Å². The van der Waals surface area contributed by atoms with Crippen LogP contribution in [0, 0.1) is 12.8 Å². The minimum Gasteiger partial charge on any atom is -0.355 e. The standard InChI is InChI=1S/C15H19N5O/c1-12-2-3-15(21)20(18-12)11-13-4-8-19(9-5-13)14-10-16-6-7-17-14/h2-3,6-7,10,13H,4-5,8-9,11H2,1H3. The van der Waals surface area contributed by atoms with E-state index in [1.54, 1.807) is 35.4 Å². The van der Waals surface area contributed by atoms with Crippen molar-refractivity contribution in [3.05, 3.63) is 46.8 Å². The lowest BCUT2D eigenvalue weighted by Crippen LogP contribution is -2.37. The van der Waals surface area contributed by atoms with Gasteiger partial charge in [-0.3, -0.25) is 9.78 Å². The Labute approximate surface area is 123 Å². The lowest BCUT2D eigenvalue weighted by Gasteiger charge is -2.32. The molecule has 0 amide bonds. The van der Waals surface area contributed by atoms with Gasteiger partial charge in [0, 0.05) is 38.1 Å².